The normalized spacial score (nSPS) is 10.6. The fourth-order valence-corrected chi connectivity index (χ4v) is 2.39. The first kappa shape index (κ1) is 20.9. The van der Waals surface area contributed by atoms with Crippen LogP contribution < -0.4 is 10.5 Å². The number of hydrogen-bond acceptors (Lipinski definition) is 4. The minimum Gasteiger partial charge on any atom is -0.493 e. The topological polar surface area (TPSA) is 61.5 Å². The van der Waals surface area contributed by atoms with Gasteiger partial charge in [-0.3, -0.25) is 0 Å². The number of ether oxygens (including phenoxy) is 2. The quantitative estimate of drug-likeness (QED) is 0.254. The van der Waals surface area contributed by atoms with E-state index in [0.717, 1.165) is 39.8 Å². The molecule has 144 valence electrons. The van der Waals surface area contributed by atoms with Crippen molar-refractivity contribution in [3.8, 4) is 17.6 Å². The molecular weight excluding hydrogens is 350 g/mol. The van der Waals surface area contributed by atoms with E-state index in [1.807, 2.05) is 56.3 Å². The molecule has 0 fully saturated rings. The van der Waals surface area contributed by atoms with Gasteiger partial charge in [-0.2, -0.15) is 0 Å². The lowest BCUT2D eigenvalue weighted by molar-refractivity contribution is -0.137. The number of carbonyl (C=O) groups is 1. The zero-order chi connectivity index (χ0) is 20.4. The van der Waals surface area contributed by atoms with Gasteiger partial charge in [0.05, 0.1) is 13.2 Å². The number of allylic oxidation sites excluding steroid dienone is 1. The SMILES string of the molecule is C=CC(=O)OCCCOc1ccc(/C=C(\C)C#Cc2ccc(N)cc2)c(C)c1. The molecule has 2 aromatic carbocycles. The number of esters is 1. The molecule has 0 aromatic heterocycles. The fourth-order valence-electron chi connectivity index (χ4n) is 2.39. The molecule has 4 heteroatoms. The molecule has 0 aliphatic carbocycles. The molecule has 2 aromatic rings. The van der Waals surface area contributed by atoms with Gasteiger partial charge in [0.15, 0.2) is 0 Å². The summed E-state index contributed by atoms with van der Waals surface area (Å²) in [6.07, 6.45) is 3.83. The molecule has 0 aliphatic rings. The molecule has 0 bridgehead atoms. The minimum atomic E-state index is -0.415. The van der Waals surface area contributed by atoms with E-state index in [1.54, 1.807) is 0 Å². The van der Waals surface area contributed by atoms with Crippen LogP contribution in [0.3, 0.4) is 0 Å². The van der Waals surface area contributed by atoms with Crippen molar-refractivity contribution in [3.05, 3.63) is 77.4 Å². The molecule has 0 saturated carbocycles. The largest absolute Gasteiger partial charge is 0.493 e. The summed E-state index contributed by atoms with van der Waals surface area (Å²) < 4.78 is 10.6. The van der Waals surface area contributed by atoms with E-state index in [-0.39, 0.29) is 0 Å². The molecule has 2 N–H and O–H groups in total. The Kier molecular flexibility index (Phi) is 7.92. The minimum absolute atomic E-state index is 0.316. The van der Waals surface area contributed by atoms with Crippen LogP contribution in [0.25, 0.3) is 6.08 Å². The number of aryl methyl sites for hydroxylation is 1. The summed E-state index contributed by atoms with van der Waals surface area (Å²) in [5, 5.41) is 0. The van der Waals surface area contributed by atoms with Crippen LogP contribution in [0, 0.1) is 18.8 Å². The second kappa shape index (κ2) is 10.6. The molecule has 0 saturated heterocycles. The highest BCUT2D eigenvalue weighted by Gasteiger charge is 2.01. The Morgan fingerprint density at radius 1 is 1.18 bits per heavy atom. The Balaban J connectivity index is 1.92. The number of benzene rings is 2. The summed E-state index contributed by atoms with van der Waals surface area (Å²) in [5.41, 5.74) is 10.5. The highest BCUT2D eigenvalue weighted by atomic mass is 16.5. The molecule has 4 nitrogen and oxygen atoms in total. The zero-order valence-corrected chi connectivity index (χ0v) is 16.3. The van der Waals surface area contributed by atoms with Crippen LogP contribution in [0.2, 0.25) is 0 Å². The average Bonchev–Trinajstić information content (AvgIpc) is 2.69. The molecule has 0 atom stereocenters. The second-order valence-electron chi connectivity index (χ2n) is 6.29. The van der Waals surface area contributed by atoms with Gasteiger partial charge in [0.25, 0.3) is 0 Å². The van der Waals surface area contributed by atoms with Crippen molar-refractivity contribution in [3.63, 3.8) is 0 Å². The summed E-state index contributed by atoms with van der Waals surface area (Å²) in [6.45, 7) is 8.16. The van der Waals surface area contributed by atoms with Crippen LogP contribution in [-0.2, 0) is 9.53 Å². The lowest BCUT2D eigenvalue weighted by Crippen LogP contribution is -2.06. The van der Waals surface area contributed by atoms with Crippen molar-refractivity contribution in [2.75, 3.05) is 18.9 Å². The summed E-state index contributed by atoms with van der Waals surface area (Å²) in [4.78, 5) is 11.0. The Hall–Kier alpha value is -3.45. The fraction of sp³-hybridized carbons (Fsp3) is 0.208. The van der Waals surface area contributed by atoms with E-state index in [1.165, 1.54) is 0 Å². The van der Waals surface area contributed by atoms with Crippen molar-refractivity contribution >= 4 is 17.7 Å². The van der Waals surface area contributed by atoms with Crippen molar-refractivity contribution in [2.24, 2.45) is 0 Å². The monoisotopic (exact) mass is 375 g/mol. The van der Waals surface area contributed by atoms with E-state index in [0.29, 0.717) is 19.6 Å². The van der Waals surface area contributed by atoms with Crippen LogP contribution in [0.4, 0.5) is 5.69 Å². The Morgan fingerprint density at radius 2 is 1.93 bits per heavy atom. The standard InChI is InChI=1S/C24H25NO3/c1-4-24(26)28-15-5-14-27-23-13-10-21(19(3)17-23)16-18(2)6-7-20-8-11-22(25)12-9-20/h4,8-13,16-17H,1,5,14-15,25H2,2-3H3/b18-16+. The summed E-state index contributed by atoms with van der Waals surface area (Å²) in [5.74, 6) is 6.67. The van der Waals surface area contributed by atoms with Crippen molar-refractivity contribution in [1.29, 1.82) is 0 Å². The maximum Gasteiger partial charge on any atom is 0.330 e. The first-order valence-electron chi connectivity index (χ1n) is 9.06. The predicted octanol–water partition coefficient (Wildman–Crippen LogP) is 4.53. The maximum atomic E-state index is 11.0. The smallest absolute Gasteiger partial charge is 0.330 e. The third kappa shape index (κ3) is 7.05. The summed E-state index contributed by atoms with van der Waals surface area (Å²) in [7, 11) is 0. The molecule has 0 amide bonds. The molecule has 0 heterocycles. The van der Waals surface area contributed by atoms with E-state index in [4.69, 9.17) is 15.2 Å². The van der Waals surface area contributed by atoms with Crippen LogP contribution in [0.15, 0.2) is 60.7 Å². The number of rotatable bonds is 7. The van der Waals surface area contributed by atoms with Crippen molar-refractivity contribution in [1.82, 2.24) is 0 Å². The van der Waals surface area contributed by atoms with E-state index < -0.39 is 5.97 Å². The third-order valence-electron chi connectivity index (χ3n) is 3.90. The highest BCUT2D eigenvalue weighted by Crippen LogP contribution is 2.19. The molecule has 0 spiro atoms. The summed E-state index contributed by atoms with van der Waals surface area (Å²) >= 11 is 0. The lowest BCUT2D eigenvalue weighted by Gasteiger charge is -2.09. The summed E-state index contributed by atoms with van der Waals surface area (Å²) in [6, 6.07) is 13.4. The number of nitrogen functional groups attached to an aromatic ring is 1. The highest BCUT2D eigenvalue weighted by molar-refractivity contribution is 5.81. The molecule has 0 radical (unpaired) electrons. The van der Waals surface area contributed by atoms with Gasteiger partial charge in [0.2, 0.25) is 0 Å². The van der Waals surface area contributed by atoms with Gasteiger partial charge in [-0.25, -0.2) is 4.79 Å². The predicted molar refractivity (Wildman–Crippen MR) is 114 cm³/mol. The Morgan fingerprint density at radius 3 is 2.61 bits per heavy atom. The maximum absolute atomic E-state index is 11.0. The van der Waals surface area contributed by atoms with Crippen molar-refractivity contribution in [2.45, 2.75) is 20.3 Å². The van der Waals surface area contributed by atoms with Gasteiger partial charge in [0, 0.05) is 23.7 Å². The Labute approximate surface area is 166 Å². The van der Waals surface area contributed by atoms with Gasteiger partial charge < -0.3 is 15.2 Å². The van der Waals surface area contributed by atoms with Gasteiger partial charge in [-0.05, 0) is 73.0 Å². The first-order chi connectivity index (χ1) is 13.5. The van der Waals surface area contributed by atoms with Gasteiger partial charge in [-0.1, -0.05) is 24.5 Å². The molecule has 0 aliphatic heterocycles. The van der Waals surface area contributed by atoms with Gasteiger partial charge in [0.1, 0.15) is 5.75 Å². The van der Waals surface area contributed by atoms with Crippen LogP contribution in [0.1, 0.15) is 30.0 Å². The van der Waals surface area contributed by atoms with Crippen LogP contribution in [0.5, 0.6) is 5.75 Å². The van der Waals surface area contributed by atoms with Gasteiger partial charge >= 0.3 is 5.97 Å². The van der Waals surface area contributed by atoms with E-state index in [9.17, 15) is 4.79 Å². The number of anilines is 1. The van der Waals surface area contributed by atoms with Gasteiger partial charge in [-0.15, -0.1) is 0 Å². The lowest BCUT2D eigenvalue weighted by atomic mass is 10.1. The molecule has 2 rings (SSSR count). The second-order valence-corrected chi connectivity index (χ2v) is 6.29. The van der Waals surface area contributed by atoms with Crippen LogP contribution >= 0.6 is 0 Å². The molecule has 0 unspecified atom stereocenters. The zero-order valence-electron chi connectivity index (χ0n) is 16.3. The number of nitrogens with two attached hydrogens (primary N) is 1. The average molecular weight is 375 g/mol. The number of hydrogen-bond donors (Lipinski definition) is 1. The Bertz CT molecular complexity index is 915. The van der Waals surface area contributed by atoms with Crippen LogP contribution in [-0.4, -0.2) is 19.2 Å². The van der Waals surface area contributed by atoms with E-state index >= 15 is 0 Å². The van der Waals surface area contributed by atoms with E-state index in [2.05, 4.69) is 24.5 Å². The molecule has 28 heavy (non-hydrogen) atoms. The first-order valence-corrected chi connectivity index (χ1v) is 9.06. The van der Waals surface area contributed by atoms with Crippen molar-refractivity contribution < 1.29 is 14.3 Å². The molecular formula is C24H25NO3. The number of carbonyl (C=O) groups excluding carboxylic acids is 1. The third-order valence-corrected chi connectivity index (χ3v) is 3.90.